The number of imidazole rings is 1. The van der Waals surface area contributed by atoms with Crippen molar-refractivity contribution in [2.24, 2.45) is 5.92 Å². The number of hydrogen-bond donors (Lipinski definition) is 1. The lowest BCUT2D eigenvalue weighted by molar-refractivity contribution is 0.0699. The number of likely N-dealkylation sites (tertiary alicyclic amines) is 1. The lowest BCUT2D eigenvalue weighted by Crippen LogP contribution is -2.16. The molecule has 5 nitrogen and oxygen atoms in total. The van der Waals surface area contributed by atoms with E-state index in [0.29, 0.717) is 11.4 Å². The minimum Gasteiger partial charge on any atom is -0.478 e. The maximum absolute atomic E-state index is 11.2. The number of carboxylic acid groups (broad SMARTS) is 1. The Balaban J connectivity index is 1.93. The summed E-state index contributed by atoms with van der Waals surface area (Å²) in [5, 5.41) is 9.16. The first-order chi connectivity index (χ1) is 9.15. The van der Waals surface area contributed by atoms with Gasteiger partial charge < -0.3 is 14.6 Å². The molecule has 1 aromatic carbocycles. The van der Waals surface area contributed by atoms with Crippen molar-refractivity contribution in [1.82, 2.24) is 14.5 Å². The van der Waals surface area contributed by atoms with E-state index in [2.05, 4.69) is 21.5 Å². The quantitative estimate of drug-likeness (QED) is 0.911. The Labute approximate surface area is 111 Å². The summed E-state index contributed by atoms with van der Waals surface area (Å²) in [5.74, 6) is -0.299. The highest BCUT2D eigenvalue weighted by Gasteiger charge is 2.21. The Morgan fingerprint density at radius 2 is 2.37 bits per heavy atom. The highest BCUT2D eigenvalue weighted by Crippen LogP contribution is 2.22. The van der Waals surface area contributed by atoms with Crippen LogP contribution in [0.15, 0.2) is 24.5 Å². The molecule has 2 aromatic rings. The second-order valence-electron chi connectivity index (χ2n) is 5.29. The molecule has 1 aliphatic rings. The van der Waals surface area contributed by atoms with Crippen molar-refractivity contribution in [2.75, 3.05) is 20.1 Å². The van der Waals surface area contributed by atoms with Crippen molar-refractivity contribution in [3.8, 4) is 0 Å². The summed E-state index contributed by atoms with van der Waals surface area (Å²) in [6, 6.07) is 5.32. The van der Waals surface area contributed by atoms with Crippen LogP contribution in [0.5, 0.6) is 0 Å². The van der Waals surface area contributed by atoms with Crippen molar-refractivity contribution >= 4 is 17.0 Å². The van der Waals surface area contributed by atoms with Crippen LogP contribution in [0.25, 0.3) is 11.0 Å². The first-order valence-corrected chi connectivity index (χ1v) is 6.51. The number of nitrogens with zero attached hydrogens (tertiary/aromatic N) is 3. The molecule has 0 saturated carbocycles. The van der Waals surface area contributed by atoms with Crippen LogP contribution >= 0.6 is 0 Å². The number of rotatable bonds is 3. The van der Waals surface area contributed by atoms with Crippen molar-refractivity contribution in [3.63, 3.8) is 0 Å². The van der Waals surface area contributed by atoms with Gasteiger partial charge in [-0.25, -0.2) is 9.78 Å². The summed E-state index contributed by atoms with van der Waals surface area (Å²) in [7, 11) is 2.13. The molecule has 0 aliphatic carbocycles. The van der Waals surface area contributed by atoms with Crippen molar-refractivity contribution < 1.29 is 9.90 Å². The minimum absolute atomic E-state index is 0.278. The number of hydrogen-bond acceptors (Lipinski definition) is 3. The van der Waals surface area contributed by atoms with Crippen molar-refractivity contribution in [1.29, 1.82) is 0 Å². The summed E-state index contributed by atoms with van der Waals surface area (Å²) in [4.78, 5) is 17.8. The zero-order valence-corrected chi connectivity index (χ0v) is 10.9. The fraction of sp³-hybridized carbons (Fsp3) is 0.429. The summed E-state index contributed by atoms with van der Waals surface area (Å²) in [6.45, 7) is 3.14. The smallest absolute Gasteiger partial charge is 0.337 e. The number of para-hydroxylation sites is 1. The first kappa shape index (κ1) is 12.2. The number of aromatic nitrogens is 2. The molecule has 19 heavy (non-hydrogen) atoms. The van der Waals surface area contributed by atoms with E-state index in [1.807, 2.05) is 6.07 Å². The van der Waals surface area contributed by atoms with Crippen LogP contribution in [0.3, 0.4) is 0 Å². The van der Waals surface area contributed by atoms with Gasteiger partial charge >= 0.3 is 5.97 Å². The molecule has 1 saturated heterocycles. The topological polar surface area (TPSA) is 58.4 Å². The van der Waals surface area contributed by atoms with E-state index in [-0.39, 0.29) is 5.56 Å². The van der Waals surface area contributed by atoms with Gasteiger partial charge in [-0.3, -0.25) is 0 Å². The lowest BCUT2D eigenvalue weighted by atomic mass is 10.1. The monoisotopic (exact) mass is 259 g/mol. The van der Waals surface area contributed by atoms with Crippen molar-refractivity contribution in [3.05, 3.63) is 30.1 Å². The van der Waals surface area contributed by atoms with Crippen molar-refractivity contribution in [2.45, 2.75) is 13.0 Å². The maximum Gasteiger partial charge on any atom is 0.337 e. The summed E-state index contributed by atoms with van der Waals surface area (Å²) >= 11 is 0. The molecular formula is C14H17N3O2. The van der Waals surface area contributed by atoms with E-state index in [1.54, 1.807) is 18.5 Å². The summed E-state index contributed by atoms with van der Waals surface area (Å²) < 4.78 is 2.08. The molecule has 1 aliphatic heterocycles. The van der Waals surface area contributed by atoms with Gasteiger partial charge in [0.05, 0.1) is 17.4 Å². The van der Waals surface area contributed by atoms with Gasteiger partial charge in [0.2, 0.25) is 0 Å². The molecule has 3 rings (SSSR count). The molecule has 2 heterocycles. The third kappa shape index (κ3) is 2.21. The summed E-state index contributed by atoms with van der Waals surface area (Å²) in [6.07, 6.45) is 2.95. The number of benzene rings is 1. The first-order valence-electron chi connectivity index (χ1n) is 6.51. The number of aromatic carboxylic acids is 1. The molecule has 1 unspecified atom stereocenters. The highest BCUT2D eigenvalue weighted by molar-refractivity contribution is 6.00. The molecule has 5 heteroatoms. The van der Waals surface area contributed by atoms with Crippen LogP contribution in [0.1, 0.15) is 16.8 Å². The van der Waals surface area contributed by atoms with Gasteiger partial charge in [-0.15, -0.1) is 0 Å². The summed E-state index contributed by atoms with van der Waals surface area (Å²) in [5.41, 5.74) is 1.77. The second kappa shape index (κ2) is 4.66. The van der Waals surface area contributed by atoms with Gasteiger partial charge in [-0.05, 0) is 38.1 Å². The van der Waals surface area contributed by atoms with E-state index in [0.717, 1.165) is 25.2 Å². The van der Waals surface area contributed by atoms with E-state index in [9.17, 15) is 4.79 Å². The van der Waals surface area contributed by atoms with E-state index >= 15 is 0 Å². The Kier molecular flexibility index (Phi) is 2.98. The molecule has 1 fully saturated rings. The van der Waals surface area contributed by atoms with E-state index < -0.39 is 5.97 Å². The molecule has 0 amide bonds. The Hall–Kier alpha value is -1.88. The molecular weight excluding hydrogens is 242 g/mol. The average molecular weight is 259 g/mol. The molecule has 1 atom stereocenters. The second-order valence-corrected chi connectivity index (χ2v) is 5.29. The van der Waals surface area contributed by atoms with Crippen LogP contribution in [-0.4, -0.2) is 45.7 Å². The highest BCUT2D eigenvalue weighted by atomic mass is 16.4. The molecule has 0 spiro atoms. The van der Waals surface area contributed by atoms with E-state index in [1.165, 1.54) is 6.42 Å². The van der Waals surface area contributed by atoms with E-state index in [4.69, 9.17) is 5.11 Å². The normalized spacial score (nSPS) is 20.2. The fourth-order valence-electron chi connectivity index (χ4n) is 2.86. The minimum atomic E-state index is -0.920. The van der Waals surface area contributed by atoms with Gasteiger partial charge in [0.25, 0.3) is 0 Å². The van der Waals surface area contributed by atoms with Crippen LogP contribution < -0.4 is 0 Å². The molecule has 0 bridgehead atoms. The Bertz CT molecular complexity index is 620. The van der Waals surface area contributed by atoms with Crippen LogP contribution in [0, 0.1) is 5.92 Å². The predicted octanol–water partition coefficient (Wildman–Crippen LogP) is 1.69. The third-order valence-electron chi connectivity index (χ3n) is 3.82. The van der Waals surface area contributed by atoms with Gasteiger partial charge in [0, 0.05) is 13.1 Å². The molecule has 1 N–H and O–H groups in total. The van der Waals surface area contributed by atoms with Crippen LogP contribution in [0.4, 0.5) is 0 Å². The SMILES string of the molecule is CN1CCC(Cn2cnc3c(C(=O)O)cccc32)C1. The molecule has 100 valence electrons. The van der Waals surface area contributed by atoms with Crippen LogP contribution in [-0.2, 0) is 6.54 Å². The van der Waals surface area contributed by atoms with Crippen LogP contribution in [0.2, 0.25) is 0 Å². The zero-order valence-electron chi connectivity index (χ0n) is 10.9. The standard InChI is InChI=1S/C14H17N3O2/c1-16-6-5-10(7-16)8-17-9-15-13-11(14(18)19)3-2-4-12(13)17/h2-4,9-10H,5-8H2,1H3,(H,18,19). The third-order valence-corrected chi connectivity index (χ3v) is 3.82. The number of fused-ring (bicyclic) bond motifs is 1. The number of carbonyl (C=O) groups is 1. The average Bonchev–Trinajstić information content (AvgIpc) is 2.97. The van der Waals surface area contributed by atoms with Gasteiger partial charge in [-0.2, -0.15) is 0 Å². The zero-order chi connectivity index (χ0) is 13.4. The predicted molar refractivity (Wildman–Crippen MR) is 72.3 cm³/mol. The van der Waals surface area contributed by atoms with Gasteiger partial charge in [0.1, 0.15) is 5.52 Å². The molecule has 0 radical (unpaired) electrons. The molecule has 1 aromatic heterocycles. The maximum atomic E-state index is 11.2. The Morgan fingerprint density at radius 3 is 3.05 bits per heavy atom. The largest absolute Gasteiger partial charge is 0.478 e. The fourth-order valence-corrected chi connectivity index (χ4v) is 2.86. The lowest BCUT2D eigenvalue weighted by Gasteiger charge is -2.12. The van der Waals surface area contributed by atoms with Gasteiger partial charge in [0.15, 0.2) is 0 Å². The number of carboxylic acids is 1. The Morgan fingerprint density at radius 1 is 1.53 bits per heavy atom. The van der Waals surface area contributed by atoms with Gasteiger partial charge in [-0.1, -0.05) is 6.07 Å².